The average molecular weight is 313 g/mol. The van der Waals surface area contributed by atoms with Crippen molar-refractivity contribution in [2.45, 2.75) is 6.92 Å². The lowest BCUT2D eigenvalue weighted by atomic mass is 9.99. The summed E-state index contributed by atoms with van der Waals surface area (Å²) in [7, 11) is 0. The number of carbonyl (C=O) groups is 1. The van der Waals surface area contributed by atoms with E-state index in [9.17, 15) is 9.18 Å². The van der Waals surface area contributed by atoms with Crippen LogP contribution in [-0.4, -0.2) is 12.6 Å². The Hall–Kier alpha value is -1.58. The molecule has 0 N–H and O–H groups in total. The lowest BCUT2D eigenvalue weighted by Crippen LogP contribution is -2.07. The molecule has 0 atom stereocenters. The Morgan fingerprint density at radius 2 is 1.95 bits per heavy atom. The number of rotatable bonds is 3. The van der Waals surface area contributed by atoms with Crippen LogP contribution in [0.1, 0.15) is 17.3 Å². The Morgan fingerprint density at radius 1 is 1.20 bits per heavy atom. The Balaban J connectivity index is 2.62. The van der Waals surface area contributed by atoms with Crippen LogP contribution in [0.2, 0.25) is 10.0 Å². The predicted octanol–water partition coefficient (Wildman–Crippen LogP) is 4.98. The van der Waals surface area contributed by atoms with Crippen LogP contribution >= 0.6 is 23.2 Å². The normalized spacial score (nSPS) is 10.4. The maximum absolute atomic E-state index is 13.4. The van der Waals surface area contributed by atoms with Crippen LogP contribution in [0.5, 0.6) is 0 Å². The molecule has 5 heteroatoms. The van der Waals surface area contributed by atoms with Crippen molar-refractivity contribution in [1.82, 2.24) is 0 Å². The van der Waals surface area contributed by atoms with Gasteiger partial charge in [-0.25, -0.2) is 9.18 Å². The molecule has 20 heavy (non-hydrogen) atoms. The number of ether oxygens (including phenoxy) is 1. The summed E-state index contributed by atoms with van der Waals surface area (Å²) in [5.74, 6) is -1.12. The third kappa shape index (κ3) is 2.94. The highest BCUT2D eigenvalue weighted by molar-refractivity contribution is 6.43. The van der Waals surface area contributed by atoms with Gasteiger partial charge >= 0.3 is 5.97 Å². The molecule has 104 valence electrons. The molecule has 0 radical (unpaired) electrons. The van der Waals surface area contributed by atoms with Crippen LogP contribution < -0.4 is 0 Å². The van der Waals surface area contributed by atoms with Gasteiger partial charge in [-0.2, -0.15) is 0 Å². The Morgan fingerprint density at radius 3 is 2.65 bits per heavy atom. The molecule has 2 aromatic rings. The summed E-state index contributed by atoms with van der Waals surface area (Å²) < 4.78 is 18.3. The highest BCUT2D eigenvalue weighted by Crippen LogP contribution is 2.35. The van der Waals surface area contributed by atoms with Gasteiger partial charge in [0.2, 0.25) is 0 Å². The minimum absolute atomic E-state index is 0.121. The zero-order valence-corrected chi connectivity index (χ0v) is 12.1. The molecule has 0 amide bonds. The number of esters is 1. The Bertz CT molecular complexity index is 656. The standard InChI is InChI=1S/C15H11Cl2FO2/c1-2-20-15(19)12-8-9(18)6-7-10(12)11-4-3-5-13(16)14(11)17/h3-8H,2H2,1H3. The van der Waals surface area contributed by atoms with Crippen molar-refractivity contribution in [2.75, 3.05) is 6.61 Å². The van der Waals surface area contributed by atoms with Crippen molar-refractivity contribution in [3.8, 4) is 11.1 Å². The Kier molecular flexibility index (Phi) is 4.63. The second kappa shape index (κ2) is 6.25. The maximum atomic E-state index is 13.4. The molecule has 2 aromatic carbocycles. The lowest BCUT2D eigenvalue weighted by Gasteiger charge is -2.11. The van der Waals surface area contributed by atoms with E-state index in [1.165, 1.54) is 12.1 Å². The fourth-order valence-electron chi connectivity index (χ4n) is 1.84. The summed E-state index contributed by atoms with van der Waals surface area (Å²) in [5, 5.41) is 0.676. The topological polar surface area (TPSA) is 26.3 Å². The predicted molar refractivity (Wildman–Crippen MR) is 77.8 cm³/mol. The van der Waals surface area contributed by atoms with E-state index in [4.69, 9.17) is 27.9 Å². The van der Waals surface area contributed by atoms with Crippen molar-refractivity contribution in [1.29, 1.82) is 0 Å². The van der Waals surface area contributed by atoms with Gasteiger partial charge in [0, 0.05) is 5.56 Å². The smallest absolute Gasteiger partial charge is 0.338 e. The van der Waals surface area contributed by atoms with Crippen LogP contribution in [-0.2, 0) is 4.74 Å². The van der Waals surface area contributed by atoms with Crippen LogP contribution in [0.15, 0.2) is 36.4 Å². The molecule has 0 spiro atoms. The van der Waals surface area contributed by atoms with E-state index in [0.717, 1.165) is 6.07 Å². The van der Waals surface area contributed by atoms with Gasteiger partial charge in [-0.15, -0.1) is 0 Å². The largest absolute Gasteiger partial charge is 0.462 e. The van der Waals surface area contributed by atoms with Crippen molar-refractivity contribution < 1.29 is 13.9 Å². The molecular weight excluding hydrogens is 302 g/mol. The van der Waals surface area contributed by atoms with Crippen LogP contribution in [0.3, 0.4) is 0 Å². The van der Waals surface area contributed by atoms with Gasteiger partial charge in [0.15, 0.2) is 0 Å². The third-order valence-electron chi connectivity index (χ3n) is 2.72. The van der Waals surface area contributed by atoms with E-state index in [0.29, 0.717) is 21.2 Å². The summed E-state index contributed by atoms with van der Waals surface area (Å²) in [6.07, 6.45) is 0. The summed E-state index contributed by atoms with van der Waals surface area (Å²) in [6.45, 7) is 1.89. The van der Waals surface area contributed by atoms with Gasteiger partial charge in [-0.1, -0.05) is 41.4 Å². The fourth-order valence-corrected chi connectivity index (χ4v) is 2.24. The Labute approximate surface area is 126 Å². The number of halogens is 3. The molecule has 0 aromatic heterocycles. The molecule has 0 bridgehead atoms. The fraction of sp³-hybridized carbons (Fsp3) is 0.133. The van der Waals surface area contributed by atoms with Crippen LogP contribution in [0.25, 0.3) is 11.1 Å². The quantitative estimate of drug-likeness (QED) is 0.747. The third-order valence-corrected chi connectivity index (χ3v) is 3.54. The molecule has 0 aliphatic rings. The van der Waals surface area contributed by atoms with Gasteiger partial charge in [0.05, 0.1) is 22.2 Å². The number of benzene rings is 2. The highest BCUT2D eigenvalue weighted by atomic mass is 35.5. The van der Waals surface area contributed by atoms with Gasteiger partial charge < -0.3 is 4.74 Å². The monoisotopic (exact) mass is 312 g/mol. The van der Waals surface area contributed by atoms with E-state index in [1.54, 1.807) is 25.1 Å². The minimum atomic E-state index is -0.599. The van der Waals surface area contributed by atoms with Gasteiger partial charge in [0.25, 0.3) is 0 Å². The van der Waals surface area contributed by atoms with Crippen LogP contribution in [0, 0.1) is 5.82 Å². The molecule has 0 fully saturated rings. The maximum Gasteiger partial charge on any atom is 0.338 e. The van der Waals surface area contributed by atoms with E-state index < -0.39 is 11.8 Å². The molecule has 0 unspecified atom stereocenters. The molecule has 0 heterocycles. The van der Waals surface area contributed by atoms with Crippen molar-refractivity contribution in [3.63, 3.8) is 0 Å². The summed E-state index contributed by atoms with van der Waals surface area (Å²) in [5.41, 5.74) is 1.16. The van der Waals surface area contributed by atoms with E-state index in [2.05, 4.69) is 0 Å². The van der Waals surface area contributed by atoms with Crippen LogP contribution in [0.4, 0.5) is 4.39 Å². The molecule has 0 aliphatic carbocycles. The van der Waals surface area contributed by atoms with E-state index >= 15 is 0 Å². The average Bonchev–Trinajstić information content (AvgIpc) is 2.42. The second-order valence-electron chi connectivity index (χ2n) is 4.01. The van der Waals surface area contributed by atoms with Gasteiger partial charge in [0.1, 0.15) is 5.82 Å². The van der Waals surface area contributed by atoms with Crippen molar-refractivity contribution in [2.24, 2.45) is 0 Å². The number of hydrogen-bond donors (Lipinski definition) is 0. The molecule has 0 saturated carbocycles. The van der Waals surface area contributed by atoms with Gasteiger partial charge in [-0.3, -0.25) is 0 Å². The highest BCUT2D eigenvalue weighted by Gasteiger charge is 2.17. The molecule has 0 saturated heterocycles. The first kappa shape index (κ1) is 14.8. The summed E-state index contributed by atoms with van der Waals surface area (Å²) in [4.78, 5) is 11.9. The zero-order chi connectivity index (χ0) is 14.7. The molecule has 0 aliphatic heterocycles. The molecule has 2 nitrogen and oxygen atoms in total. The zero-order valence-electron chi connectivity index (χ0n) is 10.6. The van der Waals surface area contributed by atoms with Gasteiger partial charge in [-0.05, 0) is 30.7 Å². The number of carbonyl (C=O) groups excluding carboxylic acids is 1. The minimum Gasteiger partial charge on any atom is -0.462 e. The lowest BCUT2D eigenvalue weighted by molar-refractivity contribution is 0.0526. The first-order valence-electron chi connectivity index (χ1n) is 5.95. The summed E-state index contributed by atoms with van der Waals surface area (Å²) >= 11 is 12.1. The van der Waals surface area contributed by atoms with Crippen molar-refractivity contribution >= 4 is 29.2 Å². The first-order chi connectivity index (χ1) is 9.54. The molecular formula is C15H11Cl2FO2. The number of hydrogen-bond acceptors (Lipinski definition) is 2. The SMILES string of the molecule is CCOC(=O)c1cc(F)ccc1-c1cccc(Cl)c1Cl. The van der Waals surface area contributed by atoms with E-state index in [-0.39, 0.29) is 12.2 Å². The first-order valence-corrected chi connectivity index (χ1v) is 6.71. The van der Waals surface area contributed by atoms with E-state index in [1.807, 2.05) is 0 Å². The second-order valence-corrected chi connectivity index (χ2v) is 4.80. The summed E-state index contributed by atoms with van der Waals surface area (Å²) in [6, 6.07) is 8.94. The van der Waals surface area contributed by atoms with Crippen molar-refractivity contribution in [3.05, 3.63) is 57.8 Å². The molecule has 2 rings (SSSR count).